The third-order valence-corrected chi connectivity index (χ3v) is 4.32. The van der Waals surface area contributed by atoms with Crippen LogP contribution in [0.5, 0.6) is 0 Å². The topological polar surface area (TPSA) is 77.2 Å². The molecule has 0 spiro atoms. The second kappa shape index (κ2) is 7.59. The van der Waals surface area contributed by atoms with E-state index in [1.54, 1.807) is 31.2 Å². The lowest BCUT2D eigenvalue weighted by atomic mass is 10.3. The van der Waals surface area contributed by atoms with E-state index in [1.165, 1.54) is 0 Å². The molecule has 24 heavy (non-hydrogen) atoms. The third kappa shape index (κ3) is 3.82. The summed E-state index contributed by atoms with van der Waals surface area (Å²) in [6.07, 6.45) is 6.06. The maximum Gasteiger partial charge on any atom is 0.254 e. The fourth-order valence-corrected chi connectivity index (χ4v) is 2.93. The molecule has 1 N–H and O–H groups in total. The van der Waals surface area contributed by atoms with Crippen molar-refractivity contribution in [3.05, 3.63) is 35.7 Å². The molecule has 0 aromatic carbocycles. The van der Waals surface area contributed by atoms with Crippen molar-refractivity contribution in [2.45, 2.75) is 19.5 Å². The highest BCUT2D eigenvalue weighted by atomic mass is 16.5. The number of methoxy groups -OCH3 is 1. The monoisotopic (exact) mass is 332 g/mol. The van der Waals surface area contributed by atoms with Gasteiger partial charge in [-0.2, -0.15) is 5.10 Å². The molecule has 2 aromatic heterocycles. The molecule has 1 amide bonds. The zero-order valence-corrected chi connectivity index (χ0v) is 14.2. The average Bonchev–Trinajstić information content (AvgIpc) is 3.13. The number of amides is 1. The van der Waals surface area contributed by atoms with E-state index in [2.05, 4.69) is 24.9 Å². The van der Waals surface area contributed by atoms with Gasteiger partial charge in [0.15, 0.2) is 0 Å². The van der Waals surface area contributed by atoms with Crippen molar-refractivity contribution in [1.82, 2.24) is 29.5 Å². The lowest BCUT2D eigenvalue weighted by molar-refractivity contribution is 0.0950. The van der Waals surface area contributed by atoms with Crippen molar-refractivity contribution in [1.29, 1.82) is 0 Å². The van der Waals surface area contributed by atoms with Crippen LogP contribution in [0.25, 0.3) is 0 Å². The Hall–Kier alpha value is -2.19. The van der Waals surface area contributed by atoms with Gasteiger partial charge < -0.3 is 14.6 Å². The Kier molecular flexibility index (Phi) is 5.27. The van der Waals surface area contributed by atoms with E-state index in [0.717, 1.165) is 50.7 Å². The van der Waals surface area contributed by atoms with Gasteiger partial charge in [0.1, 0.15) is 5.82 Å². The Morgan fingerprint density at radius 1 is 1.33 bits per heavy atom. The van der Waals surface area contributed by atoms with Gasteiger partial charge in [0.2, 0.25) is 0 Å². The Morgan fingerprint density at radius 2 is 2.21 bits per heavy atom. The van der Waals surface area contributed by atoms with Crippen molar-refractivity contribution < 1.29 is 9.53 Å². The van der Waals surface area contributed by atoms with Gasteiger partial charge in [0.05, 0.1) is 36.8 Å². The first-order chi connectivity index (χ1) is 11.7. The number of ether oxygens (including phenoxy) is 1. The summed E-state index contributed by atoms with van der Waals surface area (Å²) in [4.78, 5) is 19.1. The molecule has 8 heteroatoms. The number of carbonyl (C=O) groups excluding carboxylic acids is 1. The third-order valence-electron chi connectivity index (χ3n) is 4.32. The zero-order valence-electron chi connectivity index (χ0n) is 14.2. The molecule has 0 aliphatic carbocycles. The molecule has 1 aliphatic heterocycles. The Morgan fingerprint density at radius 3 is 2.96 bits per heavy atom. The molecule has 0 atom stereocenters. The Labute approximate surface area is 141 Å². The quantitative estimate of drug-likeness (QED) is 0.809. The molecule has 0 saturated heterocycles. The summed E-state index contributed by atoms with van der Waals surface area (Å²) in [7, 11) is 3.52. The smallest absolute Gasteiger partial charge is 0.254 e. The molecule has 2 aromatic rings. The number of aryl methyl sites for hydroxylation is 1. The first-order valence-corrected chi connectivity index (χ1v) is 8.19. The second-order valence-corrected chi connectivity index (χ2v) is 5.99. The molecule has 0 radical (unpaired) electrons. The number of nitrogens with zero attached hydrogens (tertiary/aromatic N) is 5. The summed E-state index contributed by atoms with van der Waals surface area (Å²) in [5, 5.41) is 6.96. The van der Waals surface area contributed by atoms with Gasteiger partial charge in [-0.1, -0.05) is 0 Å². The van der Waals surface area contributed by atoms with E-state index in [9.17, 15) is 4.79 Å². The van der Waals surface area contributed by atoms with Crippen LogP contribution in [0.4, 0.5) is 0 Å². The predicted molar refractivity (Wildman–Crippen MR) is 88.6 cm³/mol. The van der Waals surface area contributed by atoms with E-state index in [0.29, 0.717) is 12.1 Å². The predicted octanol–water partition coefficient (Wildman–Crippen LogP) is 0.0511. The molecule has 3 rings (SSSR count). The second-order valence-electron chi connectivity index (χ2n) is 5.99. The minimum absolute atomic E-state index is 0.117. The van der Waals surface area contributed by atoms with Gasteiger partial charge in [-0.15, -0.1) is 0 Å². The molecule has 130 valence electrons. The van der Waals surface area contributed by atoms with Crippen LogP contribution in [0.2, 0.25) is 0 Å². The van der Waals surface area contributed by atoms with Crippen LogP contribution in [-0.4, -0.2) is 63.5 Å². The van der Waals surface area contributed by atoms with Crippen LogP contribution in [0.15, 0.2) is 18.6 Å². The molecule has 0 fully saturated rings. The van der Waals surface area contributed by atoms with Crippen LogP contribution in [0.1, 0.15) is 21.9 Å². The number of aromatic nitrogens is 4. The molecule has 0 unspecified atom stereocenters. The minimum Gasteiger partial charge on any atom is -0.383 e. The highest BCUT2D eigenvalue weighted by Crippen LogP contribution is 2.12. The SMILES string of the molecule is COCCN1CCc2ncc(CNC(=O)c3cnn(C)c3)n2CC1. The summed E-state index contributed by atoms with van der Waals surface area (Å²) >= 11 is 0. The van der Waals surface area contributed by atoms with Gasteiger partial charge in [0, 0.05) is 53.0 Å². The van der Waals surface area contributed by atoms with E-state index in [4.69, 9.17) is 4.74 Å². The van der Waals surface area contributed by atoms with Gasteiger partial charge in [0.25, 0.3) is 5.91 Å². The number of imidazole rings is 1. The maximum absolute atomic E-state index is 12.1. The van der Waals surface area contributed by atoms with Gasteiger partial charge in [-0.25, -0.2) is 4.98 Å². The number of hydrogen-bond acceptors (Lipinski definition) is 5. The molecule has 0 bridgehead atoms. The number of carbonyl (C=O) groups is 1. The van der Waals surface area contributed by atoms with Crippen LogP contribution in [0.3, 0.4) is 0 Å². The number of hydrogen-bond donors (Lipinski definition) is 1. The van der Waals surface area contributed by atoms with Gasteiger partial charge in [-0.3, -0.25) is 14.4 Å². The molecular formula is C16H24N6O2. The normalized spacial score (nSPS) is 15.1. The molecule has 8 nitrogen and oxygen atoms in total. The lowest BCUT2D eigenvalue weighted by Gasteiger charge is -2.18. The van der Waals surface area contributed by atoms with Gasteiger partial charge >= 0.3 is 0 Å². The van der Waals surface area contributed by atoms with Crippen LogP contribution in [-0.2, 0) is 31.3 Å². The van der Waals surface area contributed by atoms with Crippen LogP contribution in [0, 0.1) is 0 Å². The summed E-state index contributed by atoms with van der Waals surface area (Å²) < 4.78 is 9.00. The van der Waals surface area contributed by atoms with Gasteiger partial charge in [-0.05, 0) is 0 Å². The molecule has 0 saturated carbocycles. The molecular weight excluding hydrogens is 308 g/mol. The summed E-state index contributed by atoms with van der Waals surface area (Å²) in [5.74, 6) is 0.967. The Bertz CT molecular complexity index is 693. The summed E-state index contributed by atoms with van der Waals surface area (Å²) in [5.41, 5.74) is 1.61. The van der Waals surface area contributed by atoms with E-state index >= 15 is 0 Å². The fraction of sp³-hybridized carbons (Fsp3) is 0.562. The van der Waals surface area contributed by atoms with E-state index in [-0.39, 0.29) is 5.91 Å². The van der Waals surface area contributed by atoms with Crippen molar-refractivity contribution >= 4 is 5.91 Å². The largest absolute Gasteiger partial charge is 0.383 e. The molecule has 1 aliphatic rings. The maximum atomic E-state index is 12.1. The zero-order chi connectivity index (χ0) is 16.9. The van der Waals surface area contributed by atoms with Crippen molar-refractivity contribution in [2.24, 2.45) is 7.05 Å². The van der Waals surface area contributed by atoms with Crippen LogP contribution < -0.4 is 5.32 Å². The number of rotatable bonds is 6. The molecule has 3 heterocycles. The summed E-state index contributed by atoms with van der Waals surface area (Å²) in [6.45, 7) is 5.00. The fourth-order valence-electron chi connectivity index (χ4n) is 2.93. The lowest BCUT2D eigenvalue weighted by Crippen LogP contribution is -2.30. The number of fused-ring (bicyclic) bond motifs is 1. The highest BCUT2D eigenvalue weighted by Gasteiger charge is 2.17. The minimum atomic E-state index is -0.117. The average molecular weight is 332 g/mol. The first-order valence-electron chi connectivity index (χ1n) is 8.19. The van der Waals surface area contributed by atoms with E-state index in [1.807, 2.05) is 6.20 Å². The standard InChI is InChI=1S/C16H24N6O2/c1-20-12-13(9-19-20)16(23)18-11-14-10-17-15-3-4-21(7-8-24-2)5-6-22(14)15/h9-10,12H,3-8,11H2,1-2H3,(H,18,23). The van der Waals surface area contributed by atoms with Crippen LogP contribution >= 0.6 is 0 Å². The van der Waals surface area contributed by atoms with Crippen molar-refractivity contribution in [2.75, 3.05) is 33.4 Å². The van der Waals surface area contributed by atoms with Crippen molar-refractivity contribution in [3.63, 3.8) is 0 Å². The first kappa shape index (κ1) is 16.7. The summed E-state index contributed by atoms with van der Waals surface area (Å²) in [6, 6.07) is 0. The van der Waals surface area contributed by atoms with Crippen molar-refractivity contribution in [3.8, 4) is 0 Å². The van der Waals surface area contributed by atoms with E-state index < -0.39 is 0 Å². The number of nitrogens with one attached hydrogen (secondary N) is 1. The highest BCUT2D eigenvalue weighted by molar-refractivity contribution is 5.93. The Balaban J connectivity index is 1.59.